The molecule has 1 unspecified atom stereocenters. The lowest BCUT2D eigenvalue weighted by Crippen LogP contribution is -2.04. The summed E-state index contributed by atoms with van der Waals surface area (Å²) in [5, 5.41) is 9.27. The number of hydrogen-bond acceptors (Lipinski definition) is 3. The van der Waals surface area contributed by atoms with E-state index in [0.29, 0.717) is 18.7 Å². The fourth-order valence-corrected chi connectivity index (χ4v) is 1.80. The van der Waals surface area contributed by atoms with Crippen molar-refractivity contribution in [3.63, 3.8) is 0 Å². The lowest BCUT2D eigenvalue weighted by Gasteiger charge is -2.01. The van der Waals surface area contributed by atoms with Crippen LogP contribution in [0, 0.1) is 6.92 Å². The summed E-state index contributed by atoms with van der Waals surface area (Å²) in [6, 6.07) is 8.19. The van der Waals surface area contributed by atoms with E-state index in [1.165, 1.54) is 11.1 Å². The molecule has 90 valence electrons. The van der Waals surface area contributed by atoms with E-state index in [9.17, 15) is 5.11 Å². The van der Waals surface area contributed by atoms with E-state index in [0.717, 1.165) is 5.69 Å². The number of aryl methyl sites for hydroxylation is 1. The Morgan fingerprint density at radius 2 is 2.12 bits per heavy atom. The number of aliphatic hydroxyl groups is 1. The summed E-state index contributed by atoms with van der Waals surface area (Å²) in [7, 11) is 0. The largest absolute Gasteiger partial charge is 0.448 e. The second-order valence-electron chi connectivity index (χ2n) is 4.39. The van der Waals surface area contributed by atoms with Crippen LogP contribution in [0.5, 0.6) is 0 Å². The van der Waals surface area contributed by atoms with E-state index in [2.05, 4.69) is 24.0 Å². The fourth-order valence-electron chi connectivity index (χ4n) is 1.80. The van der Waals surface area contributed by atoms with Gasteiger partial charge in [0.2, 0.25) is 0 Å². The molecule has 0 saturated carbocycles. The topological polar surface area (TPSA) is 46.3 Å². The van der Waals surface area contributed by atoms with Crippen molar-refractivity contribution in [3.05, 3.63) is 53.2 Å². The number of oxazole rings is 1. The standard InChI is InChI=1S/C14H17NO2/c1-10-5-3-4-6-12(10)8-14-15-13(9-17-14)7-11(2)16/h3-6,9,11,16H,7-8H2,1-2H3. The second-order valence-corrected chi connectivity index (χ2v) is 4.39. The number of nitrogens with zero attached hydrogens (tertiary/aromatic N) is 1. The molecular weight excluding hydrogens is 214 g/mol. The van der Waals surface area contributed by atoms with E-state index in [4.69, 9.17) is 4.42 Å². The first kappa shape index (κ1) is 11.9. The average molecular weight is 231 g/mol. The molecule has 0 aliphatic carbocycles. The van der Waals surface area contributed by atoms with Gasteiger partial charge in [0.1, 0.15) is 6.26 Å². The van der Waals surface area contributed by atoms with Crippen molar-refractivity contribution in [1.29, 1.82) is 0 Å². The van der Waals surface area contributed by atoms with Gasteiger partial charge in [-0.3, -0.25) is 0 Å². The van der Waals surface area contributed by atoms with Crippen LogP contribution in [0.4, 0.5) is 0 Å². The van der Waals surface area contributed by atoms with Gasteiger partial charge < -0.3 is 9.52 Å². The number of aromatic nitrogens is 1. The maximum absolute atomic E-state index is 9.27. The molecule has 1 atom stereocenters. The molecule has 0 aliphatic rings. The molecule has 1 aromatic heterocycles. The molecule has 0 radical (unpaired) electrons. The highest BCUT2D eigenvalue weighted by Gasteiger charge is 2.08. The molecule has 17 heavy (non-hydrogen) atoms. The zero-order chi connectivity index (χ0) is 12.3. The van der Waals surface area contributed by atoms with Crippen molar-refractivity contribution in [2.24, 2.45) is 0 Å². The van der Waals surface area contributed by atoms with Crippen LogP contribution >= 0.6 is 0 Å². The van der Waals surface area contributed by atoms with E-state index in [1.54, 1.807) is 13.2 Å². The van der Waals surface area contributed by atoms with Gasteiger partial charge in [0.15, 0.2) is 5.89 Å². The molecule has 0 bridgehead atoms. The van der Waals surface area contributed by atoms with Gasteiger partial charge in [-0.15, -0.1) is 0 Å². The van der Waals surface area contributed by atoms with Crippen LogP contribution in [-0.4, -0.2) is 16.2 Å². The molecule has 3 nitrogen and oxygen atoms in total. The highest BCUT2D eigenvalue weighted by atomic mass is 16.3. The average Bonchev–Trinajstić information content (AvgIpc) is 2.68. The zero-order valence-electron chi connectivity index (χ0n) is 10.2. The predicted molar refractivity (Wildman–Crippen MR) is 65.9 cm³/mol. The number of rotatable bonds is 4. The Morgan fingerprint density at radius 1 is 1.35 bits per heavy atom. The molecule has 0 amide bonds. The van der Waals surface area contributed by atoms with Crippen molar-refractivity contribution in [2.75, 3.05) is 0 Å². The third kappa shape index (κ3) is 3.17. The number of aliphatic hydroxyl groups excluding tert-OH is 1. The number of hydrogen-bond donors (Lipinski definition) is 1. The molecule has 1 N–H and O–H groups in total. The molecule has 1 aromatic carbocycles. The Labute approximate surface area is 101 Å². The predicted octanol–water partition coefficient (Wildman–Crippen LogP) is 2.50. The van der Waals surface area contributed by atoms with Gasteiger partial charge in [-0.25, -0.2) is 4.98 Å². The van der Waals surface area contributed by atoms with Crippen LogP contribution in [0.2, 0.25) is 0 Å². The van der Waals surface area contributed by atoms with E-state index in [1.807, 2.05) is 12.1 Å². The van der Waals surface area contributed by atoms with Crippen molar-refractivity contribution in [3.8, 4) is 0 Å². The molecule has 0 aliphatic heterocycles. The summed E-state index contributed by atoms with van der Waals surface area (Å²) >= 11 is 0. The van der Waals surface area contributed by atoms with E-state index < -0.39 is 0 Å². The summed E-state index contributed by atoms with van der Waals surface area (Å²) in [5.41, 5.74) is 3.27. The number of benzene rings is 1. The quantitative estimate of drug-likeness (QED) is 0.879. The third-order valence-corrected chi connectivity index (χ3v) is 2.71. The minimum atomic E-state index is -0.383. The van der Waals surface area contributed by atoms with E-state index >= 15 is 0 Å². The van der Waals surface area contributed by atoms with Crippen LogP contribution in [0.1, 0.15) is 29.6 Å². The SMILES string of the molecule is Cc1ccccc1Cc1nc(CC(C)O)co1. The Bertz CT molecular complexity index is 488. The first-order chi connectivity index (χ1) is 8.15. The second kappa shape index (κ2) is 5.15. The highest BCUT2D eigenvalue weighted by molar-refractivity contribution is 5.27. The van der Waals surface area contributed by atoms with Gasteiger partial charge in [-0.05, 0) is 25.0 Å². The summed E-state index contributed by atoms with van der Waals surface area (Å²) in [6.07, 6.45) is 2.48. The lowest BCUT2D eigenvalue weighted by atomic mass is 10.1. The van der Waals surface area contributed by atoms with Gasteiger partial charge in [-0.1, -0.05) is 24.3 Å². The Morgan fingerprint density at radius 3 is 2.82 bits per heavy atom. The first-order valence-electron chi connectivity index (χ1n) is 5.81. The smallest absolute Gasteiger partial charge is 0.198 e. The fraction of sp³-hybridized carbons (Fsp3) is 0.357. The molecule has 2 rings (SSSR count). The minimum absolute atomic E-state index is 0.383. The Kier molecular flexibility index (Phi) is 3.59. The van der Waals surface area contributed by atoms with Gasteiger partial charge in [0, 0.05) is 12.8 Å². The summed E-state index contributed by atoms with van der Waals surface area (Å²) < 4.78 is 5.40. The maximum Gasteiger partial charge on any atom is 0.198 e. The Hall–Kier alpha value is -1.61. The molecular formula is C14H17NO2. The van der Waals surface area contributed by atoms with Crippen molar-refractivity contribution in [1.82, 2.24) is 4.98 Å². The Balaban J connectivity index is 2.09. The van der Waals surface area contributed by atoms with Crippen LogP contribution in [0.25, 0.3) is 0 Å². The third-order valence-electron chi connectivity index (χ3n) is 2.71. The van der Waals surface area contributed by atoms with Crippen LogP contribution in [0.3, 0.4) is 0 Å². The van der Waals surface area contributed by atoms with Crippen molar-refractivity contribution >= 4 is 0 Å². The summed E-state index contributed by atoms with van der Waals surface area (Å²) in [4.78, 5) is 4.36. The summed E-state index contributed by atoms with van der Waals surface area (Å²) in [6.45, 7) is 3.82. The molecule has 1 heterocycles. The van der Waals surface area contributed by atoms with Gasteiger partial charge >= 0.3 is 0 Å². The van der Waals surface area contributed by atoms with E-state index in [-0.39, 0.29) is 6.10 Å². The molecule has 0 saturated heterocycles. The van der Waals surface area contributed by atoms with Gasteiger partial charge in [0.25, 0.3) is 0 Å². The van der Waals surface area contributed by atoms with Crippen LogP contribution < -0.4 is 0 Å². The highest BCUT2D eigenvalue weighted by Crippen LogP contribution is 2.14. The molecule has 0 spiro atoms. The minimum Gasteiger partial charge on any atom is -0.448 e. The van der Waals surface area contributed by atoms with Gasteiger partial charge in [0.05, 0.1) is 11.8 Å². The van der Waals surface area contributed by atoms with Crippen molar-refractivity contribution in [2.45, 2.75) is 32.8 Å². The monoisotopic (exact) mass is 231 g/mol. The van der Waals surface area contributed by atoms with Crippen LogP contribution in [0.15, 0.2) is 34.9 Å². The van der Waals surface area contributed by atoms with Crippen LogP contribution in [-0.2, 0) is 12.8 Å². The molecule has 3 heteroatoms. The zero-order valence-corrected chi connectivity index (χ0v) is 10.2. The lowest BCUT2D eigenvalue weighted by molar-refractivity contribution is 0.194. The van der Waals surface area contributed by atoms with Crippen molar-refractivity contribution < 1.29 is 9.52 Å². The first-order valence-corrected chi connectivity index (χ1v) is 5.81. The summed E-state index contributed by atoms with van der Waals surface area (Å²) in [5.74, 6) is 0.704. The van der Waals surface area contributed by atoms with Gasteiger partial charge in [-0.2, -0.15) is 0 Å². The maximum atomic E-state index is 9.27. The normalized spacial score (nSPS) is 12.6. The molecule has 0 fully saturated rings. The molecule has 2 aromatic rings.